The van der Waals surface area contributed by atoms with Crippen LogP contribution in [0.25, 0.3) is 0 Å². The van der Waals surface area contributed by atoms with Crippen molar-refractivity contribution in [3.8, 4) is 0 Å². The van der Waals surface area contributed by atoms with Crippen LogP contribution in [0.3, 0.4) is 0 Å². The largest absolute Gasteiger partial charge is 0.396 e. The summed E-state index contributed by atoms with van der Waals surface area (Å²) in [4.78, 5) is 17.0. The van der Waals surface area contributed by atoms with Crippen LogP contribution in [-0.2, 0) is 4.79 Å². The molecule has 4 N–H and O–H groups in total. The molecule has 0 aliphatic heterocycles. The number of carbonyl (C=O) groups excluding carboxylic acids is 1. The lowest BCUT2D eigenvalue weighted by Crippen LogP contribution is -2.60. The molecule has 6 nitrogen and oxygen atoms in total. The van der Waals surface area contributed by atoms with Crippen LogP contribution in [0, 0.1) is 29.6 Å². The number of anilines is 1. The Labute approximate surface area is 161 Å². The number of amides is 1. The fourth-order valence-corrected chi connectivity index (χ4v) is 5.61. The molecule has 0 aromatic carbocycles. The van der Waals surface area contributed by atoms with Crippen LogP contribution in [0.15, 0.2) is 18.2 Å². The fourth-order valence-electron chi connectivity index (χ4n) is 5.61. The standard InChI is InChI=1S/C21H32N2O4/c1-13-5-4-6-18(22-13)23-19(27)11-14-15(25)7-8-16-20(14,2)10-9-17(26)21(16,3)12-24/h4-6,14-17,24-26H,7-12H2,1-3H3,(H,22,23,27)/t14-,15-,16-,17-,20+,21+/m1/s1. The van der Waals surface area contributed by atoms with Gasteiger partial charge in [-0.25, -0.2) is 4.98 Å². The number of pyridine rings is 1. The number of nitrogens with zero attached hydrogens (tertiary/aromatic N) is 1. The number of aromatic nitrogens is 1. The van der Waals surface area contributed by atoms with E-state index in [-0.39, 0.29) is 36.2 Å². The average Bonchev–Trinajstić information content (AvgIpc) is 2.62. The molecule has 6 atom stereocenters. The van der Waals surface area contributed by atoms with Crippen molar-refractivity contribution in [1.82, 2.24) is 4.98 Å². The molecule has 2 saturated carbocycles. The van der Waals surface area contributed by atoms with Crippen molar-refractivity contribution in [2.75, 3.05) is 11.9 Å². The molecule has 0 bridgehead atoms. The first-order valence-electron chi connectivity index (χ1n) is 9.91. The average molecular weight is 376 g/mol. The molecular formula is C21H32N2O4. The van der Waals surface area contributed by atoms with Gasteiger partial charge in [0.25, 0.3) is 0 Å². The van der Waals surface area contributed by atoms with Gasteiger partial charge >= 0.3 is 0 Å². The maximum Gasteiger partial charge on any atom is 0.225 e. The first-order valence-corrected chi connectivity index (χ1v) is 9.91. The molecule has 150 valence electrons. The molecule has 0 unspecified atom stereocenters. The normalized spacial score (nSPS) is 38.9. The van der Waals surface area contributed by atoms with Crippen LogP contribution in [0.5, 0.6) is 0 Å². The minimum atomic E-state index is -0.597. The van der Waals surface area contributed by atoms with E-state index in [0.717, 1.165) is 18.5 Å². The third-order valence-electron chi connectivity index (χ3n) is 7.27. The fraction of sp³-hybridized carbons (Fsp3) is 0.714. The van der Waals surface area contributed by atoms with Crippen molar-refractivity contribution in [2.45, 2.75) is 65.1 Å². The van der Waals surface area contributed by atoms with E-state index < -0.39 is 17.6 Å². The highest BCUT2D eigenvalue weighted by Crippen LogP contribution is 2.60. The molecule has 3 rings (SSSR count). The van der Waals surface area contributed by atoms with Crippen molar-refractivity contribution < 1.29 is 20.1 Å². The number of aliphatic hydroxyl groups is 3. The second-order valence-electron chi connectivity index (χ2n) is 8.94. The maximum absolute atomic E-state index is 12.7. The monoisotopic (exact) mass is 376 g/mol. The van der Waals surface area contributed by atoms with Crippen molar-refractivity contribution in [3.05, 3.63) is 23.9 Å². The van der Waals surface area contributed by atoms with Crippen LogP contribution in [-0.4, -0.2) is 45.0 Å². The number of hydrogen-bond acceptors (Lipinski definition) is 5. The Morgan fingerprint density at radius 2 is 2.00 bits per heavy atom. The molecule has 2 aliphatic rings. The van der Waals surface area contributed by atoms with Crippen LogP contribution in [0.2, 0.25) is 0 Å². The summed E-state index contributed by atoms with van der Waals surface area (Å²) in [5.41, 5.74) is -0.0661. The molecule has 0 radical (unpaired) electrons. The third-order valence-corrected chi connectivity index (χ3v) is 7.27. The summed E-state index contributed by atoms with van der Waals surface area (Å²) in [6, 6.07) is 5.47. The smallest absolute Gasteiger partial charge is 0.225 e. The first-order chi connectivity index (χ1) is 12.7. The van der Waals surface area contributed by atoms with Crippen LogP contribution in [0.4, 0.5) is 5.82 Å². The number of aryl methyl sites for hydroxylation is 1. The topological polar surface area (TPSA) is 103 Å². The van der Waals surface area contributed by atoms with Crippen molar-refractivity contribution >= 4 is 11.7 Å². The highest BCUT2D eigenvalue weighted by Gasteiger charge is 2.58. The molecule has 2 aliphatic carbocycles. The van der Waals surface area contributed by atoms with Gasteiger partial charge in [0.2, 0.25) is 5.91 Å². The van der Waals surface area contributed by atoms with Gasteiger partial charge in [-0.3, -0.25) is 4.79 Å². The van der Waals surface area contributed by atoms with E-state index in [1.807, 2.05) is 26.0 Å². The number of rotatable bonds is 4. The van der Waals surface area contributed by atoms with Gasteiger partial charge in [0.15, 0.2) is 0 Å². The maximum atomic E-state index is 12.7. The second-order valence-corrected chi connectivity index (χ2v) is 8.94. The molecule has 6 heteroatoms. The Morgan fingerprint density at radius 1 is 1.26 bits per heavy atom. The molecule has 1 aromatic rings. The van der Waals surface area contributed by atoms with E-state index >= 15 is 0 Å². The Bertz CT molecular complexity index is 697. The molecule has 0 saturated heterocycles. The van der Waals surface area contributed by atoms with E-state index in [1.54, 1.807) is 6.07 Å². The summed E-state index contributed by atoms with van der Waals surface area (Å²) in [6.45, 7) is 5.83. The van der Waals surface area contributed by atoms with Gasteiger partial charge in [0.1, 0.15) is 5.82 Å². The summed E-state index contributed by atoms with van der Waals surface area (Å²) in [6.07, 6.45) is 1.76. The minimum absolute atomic E-state index is 0.0667. The lowest BCUT2D eigenvalue weighted by Gasteiger charge is -2.60. The minimum Gasteiger partial charge on any atom is -0.396 e. The summed E-state index contributed by atoms with van der Waals surface area (Å²) < 4.78 is 0. The van der Waals surface area contributed by atoms with Crippen LogP contribution < -0.4 is 5.32 Å². The van der Waals surface area contributed by atoms with Gasteiger partial charge in [-0.05, 0) is 62.0 Å². The first kappa shape index (κ1) is 20.2. The molecule has 0 spiro atoms. The van der Waals surface area contributed by atoms with Gasteiger partial charge in [-0.2, -0.15) is 0 Å². The van der Waals surface area contributed by atoms with Crippen LogP contribution in [0.1, 0.15) is 51.6 Å². The Kier molecular flexibility index (Phi) is 5.62. The third kappa shape index (κ3) is 3.62. The van der Waals surface area contributed by atoms with Crippen molar-refractivity contribution in [1.29, 1.82) is 0 Å². The molecular weight excluding hydrogens is 344 g/mol. The summed E-state index contributed by atoms with van der Waals surface area (Å²) in [5.74, 6) is 0.221. The molecule has 2 fully saturated rings. The molecule has 1 aromatic heterocycles. The van der Waals surface area contributed by atoms with E-state index in [2.05, 4.69) is 17.2 Å². The Morgan fingerprint density at radius 3 is 2.67 bits per heavy atom. The predicted molar refractivity (Wildman–Crippen MR) is 103 cm³/mol. The zero-order chi connectivity index (χ0) is 19.8. The zero-order valence-corrected chi connectivity index (χ0v) is 16.5. The lowest BCUT2D eigenvalue weighted by atomic mass is 9.46. The number of aliphatic hydroxyl groups excluding tert-OH is 3. The number of carbonyl (C=O) groups is 1. The highest BCUT2D eigenvalue weighted by atomic mass is 16.3. The quantitative estimate of drug-likeness (QED) is 0.646. The molecule has 1 amide bonds. The van der Waals surface area contributed by atoms with Crippen LogP contribution >= 0.6 is 0 Å². The molecule has 1 heterocycles. The van der Waals surface area contributed by atoms with Crippen molar-refractivity contribution in [2.24, 2.45) is 22.7 Å². The van der Waals surface area contributed by atoms with Gasteiger partial charge in [-0.1, -0.05) is 19.9 Å². The Hall–Kier alpha value is -1.50. The Balaban J connectivity index is 1.80. The van der Waals surface area contributed by atoms with Gasteiger partial charge in [0, 0.05) is 17.5 Å². The summed E-state index contributed by atoms with van der Waals surface area (Å²) in [5, 5.41) is 34.1. The van der Waals surface area contributed by atoms with Crippen molar-refractivity contribution in [3.63, 3.8) is 0 Å². The van der Waals surface area contributed by atoms with Gasteiger partial charge in [0.05, 0.1) is 18.8 Å². The SMILES string of the molecule is Cc1cccc(NC(=O)C[C@@H]2[C@H](O)CC[C@H]3[C@](C)(CO)[C@H](O)CC[C@]32C)n1. The summed E-state index contributed by atoms with van der Waals surface area (Å²) >= 11 is 0. The molecule has 27 heavy (non-hydrogen) atoms. The zero-order valence-electron chi connectivity index (χ0n) is 16.5. The van der Waals surface area contributed by atoms with E-state index in [9.17, 15) is 20.1 Å². The number of nitrogens with one attached hydrogen (secondary N) is 1. The number of fused-ring (bicyclic) bond motifs is 1. The summed E-state index contributed by atoms with van der Waals surface area (Å²) in [7, 11) is 0. The lowest BCUT2D eigenvalue weighted by molar-refractivity contribution is -0.185. The van der Waals surface area contributed by atoms with Gasteiger partial charge in [-0.15, -0.1) is 0 Å². The predicted octanol–water partition coefficient (Wildman–Crippen LogP) is 2.27. The van der Waals surface area contributed by atoms with E-state index in [1.165, 1.54) is 0 Å². The van der Waals surface area contributed by atoms with Gasteiger partial charge < -0.3 is 20.6 Å². The highest BCUT2D eigenvalue weighted by molar-refractivity contribution is 5.90. The second kappa shape index (κ2) is 7.49. The van der Waals surface area contributed by atoms with E-state index in [4.69, 9.17) is 0 Å². The van der Waals surface area contributed by atoms with E-state index in [0.29, 0.717) is 18.7 Å². The number of hydrogen-bond donors (Lipinski definition) is 4.